The number of hydrogen-bond acceptors (Lipinski definition) is 3. The number of carboxylic acids is 1. The SMILES string of the molecule is Cc1ccc(C(=O)O)cc1S(=O)(=O)NC1CCCC(C(F)(F)F)C1. The summed E-state index contributed by atoms with van der Waals surface area (Å²) < 4.78 is 65.7. The summed E-state index contributed by atoms with van der Waals surface area (Å²) in [5.41, 5.74) is 0.133. The first-order valence-electron chi connectivity index (χ1n) is 7.43. The van der Waals surface area contributed by atoms with Gasteiger partial charge in [0.05, 0.1) is 16.4 Å². The molecule has 134 valence electrons. The molecule has 0 aromatic heterocycles. The van der Waals surface area contributed by atoms with Gasteiger partial charge in [0.25, 0.3) is 0 Å². The zero-order valence-corrected chi connectivity index (χ0v) is 13.7. The Morgan fingerprint density at radius 1 is 1.29 bits per heavy atom. The maximum Gasteiger partial charge on any atom is 0.391 e. The van der Waals surface area contributed by atoms with Crippen LogP contribution in [0.1, 0.15) is 41.6 Å². The topological polar surface area (TPSA) is 83.5 Å². The Bertz CT molecular complexity index is 731. The van der Waals surface area contributed by atoms with Crippen LogP contribution in [-0.2, 0) is 10.0 Å². The van der Waals surface area contributed by atoms with Crippen molar-refractivity contribution in [1.82, 2.24) is 4.72 Å². The Morgan fingerprint density at radius 3 is 2.54 bits per heavy atom. The van der Waals surface area contributed by atoms with Gasteiger partial charge in [-0.1, -0.05) is 12.5 Å². The van der Waals surface area contributed by atoms with Crippen LogP contribution in [0.2, 0.25) is 0 Å². The number of aryl methyl sites for hydroxylation is 1. The number of sulfonamides is 1. The van der Waals surface area contributed by atoms with Gasteiger partial charge in [0.2, 0.25) is 10.0 Å². The first-order valence-corrected chi connectivity index (χ1v) is 8.92. The largest absolute Gasteiger partial charge is 0.478 e. The zero-order chi connectivity index (χ0) is 18.1. The average Bonchev–Trinajstić information content (AvgIpc) is 2.46. The van der Waals surface area contributed by atoms with Crippen LogP contribution in [0.5, 0.6) is 0 Å². The van der Waals surface area contributed by atoms with Crippen molar-refractivity contribution in [2.75, 3.05) is 0 Å². The molecule has 2 atom stereocenters. The second kappa shape index (κ2) is 6.72. The number of alkyl halides is 3. The van der Waals surface area contributed by atoms with Crippen LogP contribution in [0.25, 0.3) is 0 Å². The number of halogens is 3. The lowest BCUT2D eigenvalue weighted by atomic mass is 9.86. The van der Waals surface area contributed by atoms with Crippen molar-refractivity contribution in [3.63, 3.8) is 0 Å². The normalized spacial score (nSPS) is 22.3. The Kier molecular flexibility index (Phi) is 5.24. The molecule has 1 aliphatic carbocycles. The molecule has 24 heavy (non-hydrogen) atoms. The first-order chi connectivity index (χ1) is 11.0. The average molecular weight is 365 g/mol. The molecule has 1 saturated carbocycles. The molecule has 1 aromatic carbocycles. The summed E-state index contributed by atoms with van der Waals surface area (Å²) in [6.07, 6.45) is -4.05. The molecule has 9 heteroatoms. The number of aromatic carboxylic acids is 1. The van der Waals surface area contributed by atoms with Crippen LogP contribution >= 0.6 is 0 Å². The van der Waals surface area contributed by atoms with E-state index in [-0.39, 0.29) is 29.7 Å². The van der Waals surface area contributed by atoms with Crippen LogP contribution in [0.15, 0.2) is 23.1 Å². The summed E-state index contributed by atoms with van der Waals surface area (Å²) >= 11 is 0. The van der Waals surface area contributed by atoms with E-state index >= 15 is 0 Å². The van der Waals surface area contributed by atoms with Crippen LogP contribution in [-0.4, -0.2) is 31.7 Å². The molecule has 5 nitrogen and oxygen atoms in total. The summed E-state index contributed by atoms with van der Waals surface area (Å²) in [6.45, 7) is 1.50. The highest BCUT2D eigenvalue weighted by Crippen LogP contribution is 2.37. The zero-order valence-electron chi connectivity index (χ0n) is 12.9. The van der Waals surface area contributed by atoms with E-state index < -0.39 is 34.1 Å². The van der Waals surface area contributed by atoms with Gasteiger partial charge in [-0.3, -0.25) is 0 Å². The predicted octanol–water partition coefficient (Wildman–Crippen LogP) is 3.09. The number of hydrogen-bond donors (Lipinski definition) is 2. The van der Waals surface area contributed by atoms with Gasteiger partial charge >= 0.3 is 12.1 Å². The molecule has 0 radical (unpaired) electrons. The van der Waals surface area contributed by atoms with E-state index in [0.29, 0.717) is 12.0 Å². The van der Waals surface area contributed by atoms with Crippen LogP contribution in [0.3, 0.4) is 0 Å². The number of benzene rings is 1. The number of nitrogens with one attached hydrogen (secondary N) is 1. The third-order valence-corrected chi connectivity index (χ3v) is 5.85. The highest BCUT2D eigenvalue weighted by atomic mass is 32.2. The molecule has 1 aliphatic rings. The summed E-state index contributed by atoms with van der Waals surface area (Å²) in [6, 6.07) is 2.83. The smallest absolute Gasteiger partial charge is 0.391 e. The minimum absolute atomic E-state index is 0.00471. The molecule has 2 N–H and O–H groups in total. The summed E-state index contributed by atoms with van der Waals surface area (Å²) in [7, 11) is -4.10. The second-order valence-corrected chi connectivity index (χ2v) is 7.69. The van der Waals surface area contributed by atoms with Crippen molar-refractivity contribution in [1.29, 1.82) is 0 Å². The van der Waals surface area contributed by atoms with E-state index in [2.05, 4.69) is 4.72 Å². The van der Waals surface area contributed by atoms with E-state index in [9.17, 15) is 26.4 Å². The van der Waals surface area contributed by atoms with Crippen molar-refractivity contribution in [2.45, 2.75) is 49.7 Å². The van der Waals surface area contributed by atoms with E-state index in [4.69, 9.17) is 5.11 Å². The Hall–Kier alpha value is -1.61. The van der Waals surface area contributed by atoms with Crippen molar-refractivity contribution in [2.24, 2.45) is 5.92 Å². The summed E-state index contributed by atoms with van der Waals surface area (Å²) in [5, 5.41) is 8.97. The third kappa shape index (κ3) is 4.27. The molecule has 0 amide bonds. The molecule has 0 bridgehead atoms. The van der Waals surface area contributed by atoms with Gasteiger partial charge < -0.3 is 5.11 Å². The fraction of sp³-hybridized carbons (Fsp3) is 0.533. The van der Waals surface area contributed by atoms with Gasteiger partial charge in [-0.25, -0.2) is 17.9 Å². The van der Waals surface area contributed by atoms with Gasteiger partial charge in [0, 0.05) is 6.04 Å². The quantitative estimate of drug-likeness (QED) is 0.859. The monoisotopic (exact) mass is 365 g/mol. The Morgan fingerprint density at radius 2 is 1.96 bits per heavy atom. The Balaban J connectivity index is 2.22. The lowest BCUT2D eigenvalue weighted by Gasteiger charge is -2.31. The minimum Gasteiger partial charge on any atom is -0.478 e. The van der Waals surface area contributed by atoms with Gasteiger partial charge in [-0.2, -0.15) is 13.2 Å². The molecular formula is C15H18F3NO4S. The maximum atomic E-state index is 12.8. The minimum atomic E-state index is -4.34. The van der Waals surface area contributed by atoms with E-state index in [1.807, 2.05) is 0 Å². The van der Waals surface area contributed by atoms with Crippen molar-refractivity contribution in [3.8, 4) is 0 Å². The lowest BCUT2D eigenvalue weighted by molar-refractivity contribution is -0.183. The van der Waals surface area contributed by atoms with Gasteiger partial charge in [0.15, 0.2) is 0 Å². The molecule has 0 saturated heterocycles. The number of carboxylic acid groups (broad SMARTS) is 1. The second-order valence-electron chi connectivity index (χ2n) is 6.01. The van der Waals surface area contributed by atoms with E-state index in [1.54, 1.807) is 0 Å². The van der Waals surface area contributed by atoms with Gasteiger partial charge in [0.1, 0.15) is 0 Å². The molecule has 1 fully saturated rings. The molecule has 0 aliphatic heterocycles. The standard InChI is InChI=1S/C15H18F3NO4S/c1-9-5-6-10(14(20)21)7-13(9)24(22,23)19-12-4-2-3-11(8-12)15(16,17)18/h5-7,11-12,19H,2-4,8H2,1H3,(H,20,21). The predicted molar refractivity (Wildman–Crippen MR) is 80.3 cm³/mol. The molecule has 1 aromatic rings. The number of carbonyl (C=O) groups is 1. The van der Waals surface area contributed by atoms with Crippen molar-refractivity contribution < 1.29 is 31.5 Å². The Labute approximate surface area is 137 Å². The van der Waals surface area contributed by atoms with Gasteiger partial charge in [-0.05, 0) is 43.9 Å². The molecular weight excluding hydrogens is 347 g/mol. The number of rotatable bonds is 4. The maximum absolute atomic E-state index is 12.8. The van der Waals surface area contributed by atoms with Gasteiger partial charge in [-0.15, -0.1) is 0 Å². The molecule has 2 rings (SSSR count). The van der Waals surface area contributed by atoms with E-state index in [1.165, 1.54) is 19.1 Å². The van der Waals surface area contributed by atoms with E-state index in [0.717, 1.165) is 6.07 Å². The first kappa shape index (κ1) is 18.7. The van der Waals surface area contributed by atoms with Crippen molar-refractivity contribution >= 4 is 16.0 Å². The molecule has 2 unspecified atom stereocenters. The molecule has 0 spiro atoms. The highest BCUT2D eigenvalue weighted by Gasteiger charge is 2.42. The summed E-state index contributed by atoms with van der Waals surface area (Å²) in [5.74, 6) is -2.80. The van der Waals surface area contributed by atoms with Crippen LogP contribution < -0.4 is 4.72 Å². The van der Waals surface area contributed by atoms with Crippen molar-refractivity contribution in [3.05, 3.63) is 29.3 Å². The van der Waals surface area contributed by atoms with Crippen LogP contribution in [0.4, 0.5) is 13.2 Å². The highest BCUT2D eigenvalue weighted by molar-refractivity contribution is 7.89. The lowest BCUT2D eigenvalue weighted by Crippen LogP contribution is -2.41. The fourth-order valence-corrected chi connectivity index (χ4v) is 4.45. The third-order valence-electron chi connectivity index (χ3n) is 4.18. The fourth-order valence-electron chi connectivity index (χ4n) is 2.90. The molecule has 0 heterocycles. The van der Waals surface area contributed by atoms with Crippen LogP contribution in [0, 0.1) is 12.8 Å². The summed E-state index contributed by atoms with van der Waals surface area (Å²) in [4.78, 5) is 10.8.